The van der Waals surface area contributed by atoms with Gasteiger partial charge in [0.15, 0.2) is 0 Å². The fraction of sp³-hybridized carbons (Fsp3) is 0.471. The van der Waals surface area contributed by atoms with Gasteiger partial charge in [0, 0.05) is 18.7 Å². The summed E-state index contributed by atoms with van der Waals surface area (Å²) in [4.78, 5) is 31.1. The van der Waals surface area contributed by atoms with E-state index in [-0.39, 0.29) is 17.5 Å². The van der Waals surface area contributed by atoms with Gasteiger partial charge in [0.1, 0.15) is 5.69 Å². The molecule has 0 saturated carbocycles. The van der Waals surface area contributed by atoms with Crippen LogP contribution in [0.15, 0.2) is 23.0 Å². The number of hydrogen-bond acceptors (Lipinski definition) is 4. The van der Waals surface area contributed by atoms with Gasteiger partial charge in [0.2, 0.25) is 0 Å². The van der Waals surface area contributed by atoms with Crippen LogP contribution in [0, 0.1) is 6.92 Å². The Morgan fingerprint density at radius 3 is 2.91 bits per heavy atom. The molecule has 1 fully saturated rings. The Bertz CT molecular complexity index is 813. The lowest BCUT2D eigenvalue weighted by Gasteiger charge is -2.33. The van der Waals surface area contributed by atoms with Crippen molar-refractivity contribution in [2.24, 2.45) is 0 Å². The maximum absolute atomic E-state index is 12.7. The van der Waals surface area contributed by atoms with Gasteiger partial charge in [0.05, 0.1) is 30.3 Å². The second-order valence-electron chi connectivity index (χ2n) is 5.87. The molecule has 1 amide bonds. The lowest BCUT2D eigenvalue weighted by molar-refractivity contribution is 0.00360. The highest BCUT2D eigenvalue weighted by Gasteiger charge is 2.25. The first-order valence-electron chi connectivity index (χ1n) is 7.93. The Labute approximate surface area is 134 Å². The van der Waals surface area contributed by atoms with Crippen molar-refractivity contribution in [3.8, 4) is 0 Å². The molecule has 1 aromatic heterocycles. The van der Waals surface area contributed by atoms with Crippen LogP contribution < -0.4 is 5.56 Å². The Morgan fingerprint density at radius 1 is 1.43 bits per heavy atom. The summed E-state index contributed by atoms with van der Waals surface area (Å²) < 4.78 is 7.07. The van der Waals surface area contributed by atoms with Crippen LogP contribution in [-0.4, -0.2) is 46.2 Å². The van der Waals surface area contributed by atoms with Crippen molar-refractivity contribution >= 4 is 16.9 Å². The second kappa shape index (κ2) is 6.12. The van der Waals surface area contributed by atoms with E-state index in [4.69, 9.17) is 4.74 Å². The summed E-state index contributed by atoms with van der Waals surface area (Å²) in [5.41, 5.74) is 2.40. The number of amides is 1. The quantitative estimate of drug-likeness (QED) is 0.844. The molecule has 1 aliphatic rings. The molecule has 0 bridgehead atoms. The highest BCUT2D eigenvalue weighted by Crippen LogP contribution is 2.17. The van der Waals surface area contributed by atoms with Crippen molar-refractivity contribution in [3.05, 3.63) is 39.8 Å². The molecule has 2 aromatic rings. The highest BCUT2D eigenvalue weighted by molar-refractivity contribution is 5.97. The standard InChI is InChI=1S/C17H21N3O3/c1-4-19-15-6-5-13(9-14(15)18-12(3)16(19)21)17(22)20-7-8-23-10-11(20)2/h5-6,9,11H,4,7-8,10H2,1-3H3/t11-/m1/s1. The average molecular weight is 315 g/mol. The van der Waals surface area contributed by atoms with Gasteiger partial charge in [-0.25, -0.2) is 4.98 Å². The zero-order valence-electron chi connectivity index (χ0n) is 13.7. The van der Waals surface area contributed by atoms with Crippen molar-refractivity contribution in [2.45, 2.75) is 33.4 Å². The van der Waals surface area contributed by atoms with Crippen LogP contribution in [0.3, 0.4) is 0 Å². The third kappa shape index (κ3) is 2.74. The molecule has 0 radical (unpaired) electrons. The molecule has 2 heterocycles. The van der Waals surface area contributed by atoms with Crippen molar-refractivity contribution in [1.29, 1.82) is 0 Å². The lowest BCUT2D eigenvalue weighted by atomic mass is 10.1. The molecule has 1 atom stereocenters. The number of aryl methyl sites for hydroxylation is 2. The number of nitrogens with zero attached hydrogens (tertiary/aromatic N) is 3. The van der Waals surface area contributed by atoms with Crippen molar-refractivity contribution in [3.63, 3.8) is 0 Å². The van der Waals surface area contributed by atoms with Gasteiger partial charge < -0.3 is 14.2 Å². The molecule has 1 aromatic carbocycles. The van der Waals surface area contributed by atoms with Crippen molar-refractivity contribution in [2.75, 3.05) is 19.8 Å². The topological polar surface area (TPSA) is 64.4 Å². The predicted octanol–water partition coefficient (Wildman–Crippen LogP) is 1.59. The summed E-state index contributed by atoms with van der Waals surface area (Å²) in [6, 6.07) is 5.42. The SMILES string of the molecule is CCn1c(=O)c(C)nc2cc(C(=O)N3CCOC[C@H]3C)ccc21. The van der Waals surface area contributed by atoms with Gasteiger partial charge in [-0.3, -0.25) is 9.59 Å². The van der Waals surface area contributed by atoms with E-state index < -0.39 is 0 Å². The Kier molecular flexibility index (Phi) is 4.17. The van der Waals surface area contributed by atoms with Gasteiger partial charge in [-0.05, 0) is 39.0 Å². The van der Waals surface area contributed by atoms with Crippen LogP contribution in [0.25, 0.3) is 11.0 Å². The van der Waals surface area contributed by atoms with Crippen molar-refractivity contribution in [1.82, 2.24) is 14.5 Å². The minimum Gasteiger partial charge on any atom is -0.377 e. The number of aromatic nitrogens is 2. The number of carbonyl (C=O) groups excluding carboxylic acids is 1. The Morgan fingerprint density at radius 2 is 2.22 bits per heavy atom. The zero-order chi connectivity index (χ0) is 16.6. The van der Waals surface area contributed by atoms with Crippen LogP contribution in [0.4, 0.5) is 0 Å². The van der Waals surface area contributed by atoms with E-state index in [2.05, 4.69) is 4.98 Å². The van der Waals surface area contributed by atoms with Gasteiger partial charge in [0.25, 0.3) is 11.5 Å². The second-order valence-corrected chi connectivity index (χ2v) is 5.87. The molecule has 3 rings (SSSR count). The fourth-order valence-electron chi connectivity index (χ4n) is 3.02. The maximum atomic E-state index is 12.7. The molecule has 1 aliphatic heterocycles. The predicted molar refractivity (Wildman–Crippen MR) is 87.7 cm³/mol. The summed E-state index contributed by atoms with van der Waals surface area (Å²) in [7, 11) is 0. The molecule has 0 spiro atoms. The third-order valence-corrected chi connectivity index (χ3v) is 4.30. The van der Waals surface area contributed by atoms with Crippen LogP contribution in [0.5, 0.6) is 0 Å². The number of ether oxygens (including phenoxy) is 1. The summed E-state index contributed by atoms with van der Waals surface area (Å²) in [5.74, 6) is -0.0172. The largest absolute Gasteiger partial charge is 0.377 e. The molecule has 23 heavy (non-hydrogen) atoms. The zero-order valence-corrected chi connectivity index (χ0v) is 13.7. The summed E-state index contributed by atoms with van der Waals surface area (Å²) in [5, 5.41) is 0. The summed E-state index contributed by atoms with van der Waals surface area (Å²) >= 11 is 0. The summed E-state index contributed by atoms with van der Waals surface area (Å²) in [6.07, 6.45) is 0. The number of morpholine rings is 1. The average Bonchev–Trinajstić information content (AvgIpc) is 2.55. The number of fused-ring (bicyclic) bond motifs is 1. The van der Waals surface area contributed by atoms with E-state index in [0.717, 1.165) is 5.52 Å². The van der Waals surface area contributed by atoms with E-state index in [0.29, 0.717) is 43.1 Å². The molecule has 6 nitrogen and oxygen atoms in total. The molecule has 0 N–H and O–H groups in total. The van der Waals surface area contributed by atoms with E-state index in [1.54, 1.807) is 23.6 Å². The van der Waals surface area contributed by atoms with E-state index in [9.17, 15) is 9.59 Å². The van der Waals surface area contributed by atoms with E-state index >= 15 is 0 Å². The number of hydrogen-bond donors (Lipinski definition) is 0. The maximum Gasteiger partial charge on any atom is 0.272 e. The first-order valence-corrected chi connectivity index (χ1v) is 7.93. The Balaban J connectivity index is 2.05. The molecule has 0 aliphatic carbocycles. The molecular formula is C17H21N3O3. The van der Waals surface area contributed by atoms with Crippen LogP contribution >= 0.6 is 0 Å². The van der Waals surface area contributed by atoms with Gasteiger partial charge in [-0.15, -0.1) is 0 Å². The summed E-state index contributed by atoms with van der Waals surface area (Å²) in [6.45, 7) is 7.91. The van der Waals surface area contributed by atoms with Crippen LogP contribution in [-0.2, 0) is 11.3 Å². The monoisotopic (exact) mass is 315 g/mol. The fourth-order valence-corrected chi connectivity index (χ4v) is 3.02. The van der Waals surface area contributed by atoms with Crippen LogP contribution in [0.1, 0.15) is 29.9 Å². The normalized spacial score (nSPS) is 18.4. The molecule has 6 heteroatoms. The van der Waals surface area contributed by atoms with Gasteiger partial charge in [-0.2, -0.15) is 0 Å². The van der Waals surface area contributed by atoms with Crippen LogP contribution in [0.2, 0.25) is 0 Å². The highest BCUT2D eigenvalue weighted by atomic mass is 16.5. The molecule has 1 saturated heterocycles. The first kappa shape index (κ1) is 15.7. The molecule has 0 unspecified atom stereocenters. The molecular weight excluding hydrogens is 294 g/mol. The minimum atomic E-state index is -0.0825. The van der Waals surface area contributed by atoms with E-state index in [1.165, 1.54) is 0 Å². The lowest BCUT2D eigenvalue weighted by Crippen LogP contribution is -2.47. The van der Waals surface area contributed by atoms with E-state index in [1.807, 2.05) is 24.8 Å². The Hall–Kier alpha value is -2.21. The number of rotatable bonds is 2. The third-order valence-electron chi connectivity index (χ3n) is 4.30. The number of benzene rings is 1. The van der Waals surface area contributed by atoms with Gasteiger partial charge in [-0.1, -0.05) is 0 Å². The number of carbonyl (C=O) groups is 1. The molecule has 122 valence electrons. The van der Waals surface area contributed by atoms with Gasteiger partial charge >= 0.3 is 0 Å². The first-order chi connectivity index (χ1) is 11.0. The van der Waals surface area contributed by atoms with Crippen molar-refractivity contribution < 1.29 is 9.53 Å². The minimum absolute atomic E-state index is 0.0172. The smallest absolute Gasteiger partial charge is 0.272 e.